The number of fused-ring (bicyclic) bond motifs is 2. The maximum absolute atomic E-state index is 6.97. The number of aryl methyl sites for hydroxylation is 3. The van der Waals surface area contributed by atoms with Crippen molar-refractivity contribution in [2.45, 2.75) is 37.5 Å². The smallest absolute Gasteiger partial charge is 0.185 e. The van der Waals surface area contributed by atoms with Crippen molar-refractivity contribution in [2.24, 2.45) is 5.10 Å². The van der Waals surface area contributed by atoms with Crippen LogP contribution < -0.4 is 4.74 Å². The molecule has 236 valence electrons. The van der Waals surface area contributed by atoms with Crippen LogP contribution in [0.1, 0.15) is 39.7 Å². The Morgan fingerprint density at radius 3 is 2.04 bits per heavy atom. The molecule has 0 saturated carbocycles. The predicted octanol–water partition coefficient (Wildman–Crippen LogP) is 10.6. The van der Waals surface area contributed by atoms with Crippen molar-refractivity contribution in [1.29, 1.82) is 0 Å². The van der Waals surface area contributed by atoms with Gasteiger partial charge in [0, 0.05) is 28.3 Å². The molecular weight excluding hydrogens is 694 g/mol. The van der Waals surface area contributed by atoms with Gasteiger partial charge in [0.25, 0.3) is 0 Å². The molecule has 12 heteroatoms. The van der Waals surface area contributed by atoms with Crippen LogP contribution in [0.5, 0.6) is 5.75 Å². The first-order valence-electron chi connectivity index (χ1n) is 14.7. The van der Waals surface area contributed by atoms with Gasteiger partial charge in [-0.15, -0.1) is 20.4 Å². The van der Waals surface area contributed by atoms with Crippen LogP contribution in [-0.4, -0.2) is 37.9 Å². The second-order valence-electron chi connectivity index (χ2n) is 11.3. The minimum absolute atomic E-state index is 0.155. The Bertz CT molecular complexity index is 2220. The molecular formula is C35H26Cl4N6OS. The second-order valence-corrected chi connectivity index (χ2v) is 14.0. The molecule has 0 radical (unpaired) electrons. The Morgan fingerprint density at radius 1 is 0.702 bits per heavy atom. The lowest BCUT2D eigenvalue weighted by Crippen LogP contribution is -2.18. The molecule has 0 bridgehead atoms. The molecule has 0 aliphatic carbocycles. The summed E-state index contributed by atoms with van der Waals surface area (Å²) in [6.45, 7) is 6.16. The third-order valence-corrected chi connectivity index (χ3v) is 11.3. The first-order chi connectivity index (χ1) is 22.6. The molecule has 1 atom stereocenters. The van der Waals surface area contributed by atoms with Gasteiger partial charge in [0.05, 0.1) is 38.2 Å². The first-order valence-corrected chi connectivity index (χ1v) is 17.0. The third kappa shape index (κ3) is 5.76. The molecule has 47 heavy (non-hydrogen) atoms. The van der Waals surface area contributed by atoms with Crippen LogP contribution in [0.3, 0.4) is 0 Å². The Kier molecular flexibility index (Phi) is 8.66. The van der Waals surface area contributed by atoms with Crippen LogP contribution in [0, 0.1) is 20.8 Å². The summed E-state index contributed by atoms with van der Waals surface area (Å²) in [5.41, 5.74) is 7.55. The highest BCUT2D eigenvalue weighted by molar-refractivity contribution is 7.99. The molecule has 1 unspecified atom stereocenters. The molecule has 6 aromatic rings. The summed E-state index contributed by atoms with van der Waals surface area (Å²) >= 11 is 28.6. The fraction of sp³-hybridized carbons (Fsp3) is 0.171. The SMILES string of the molecule is COc1ccc(-c2nnc3n2N=C(c2ccc(C)cc2)CC3Sc2nnc(-c3ccc(C)c(C)c3)c3c(Cl)c(Cl)c(Cl)c(Cl)c23)cc1. The van der Waals surface area contributed by atoms with E-state index in [4.69, 9.17) is 66.4 Å². The second kappa shape index (κ2) is 12.7. The van der Waals surface area contributed by atoms with Gasteiger partial charge in [0.2, 0.25) is 0 Å². The first kappa shape index (κ1) is 31.9. The molecule has 1 aliphatic rings. The summed E-state index contributed by atoms with van der Waals surface area (Å²) in [7, 11) is 1.63. The lowest BCUT2D eigenvalue weighted by atomic mass is 10.0. The minimum atomic E-state index is -0.266. The van der Waals surface area contributed by atoms with Gasteiger partial charge in [0.15, 0.2) is 11.6 Å². The largest absolute Gasteiger partial charge is 0.497 e. The van der Waals surface area contributed by atoms with E-state index in [0.717, 1.165) is 44.8 Å². The van der Waals surface area contributed by atoms with Crippen LogP contribution in [0.2, 0.25) is 20.1 Å². The van der Waals surface area contributed by atoms with Crippen molar-refractivity contribution in [1.82, 2.24) is 25.1 Å². The highest BCUT2D eigenvalue weighted by atomic mass is 35.5. The topological polar surface area (TPSA) is 78.1 Å². The molecule has 2 aromatic heterocycles. The van der Waals surface area contributed by atoms with Crippen LogP contribution in [0.4, 0.5) is 0 Å². The van der Waals surface area contributed by atoms with Gasteiger partial charge in [-0.25, -0.2) is 0 Å². The fourth-order valence-electron chi connectivity index (χ4n) is 5.51. The highest BCUT2D eigenvalue weighted by Gasteiger charge is 2.32. The minimum Gasteiger partial charge on any atom is -0.497 e. The van der Waals surface area contributed by atoms with Gasteiger partial charge in [0.1, 0.15) is 16.5 Å². The lowest BCUT2D eigenvalue weighted by molar-refractivity contribution is 0.415. The molecule has 1 aliphatic heterocycles. The molecule has 0 fully saturated rings. The van der Waals surface area contributed by atoms with Gasteiger partial charge >= 0.3 is 0 Å². The molecule has 0 saturated heterocycles. The van der Waals surface area contributed by atoms with E-state index >= 15 is 0 Å². The summed E-state index contributed by atoms with van der Waals surface area (Å²) in [5.74, 6) is 2.01. The molecule has 7 rings (SSSR count). The molecule has 0 spiro atoms. The Balaban J connectivity index is 1.39. The summed E-state index contributed by atoms with van der Waals surface area (Å²) in [6, 6.07) is 22.0. The number of ether oxygens (including phenoxy) is 1. The zero-order valence-electron chi connectivity index (χ0n) is 25.6. The predicted molar refractivity (Wildman–Crippen MR) is 193 cm³/mol. The van der Waals surface area contributed by atoms with Crippen molar-refractivity contribution in [3.05, 3.63) is 115 Å². The monoisotopic (exact) mass is 718 g/mol. The average molecular weight is 721 g/mol. The van der Waals surface area contributed by atoms with Crippen molar-refractivity contribution in [3.63, 3.8) is 0 Å². The Labute approximate surface area is 295 Å². The number of benzene rings is 4. The van der Waals surface area contributed by atoms with Crippen LogP contribution in [0.15, 0.2) is 76.9 Å². The van der Waals surface area contributed by atoms with Crippen molar-refractivity contribution < 1.29 is 4.74 Å². The van der Waals surface area contributed by atoms with Gasteiger partial charge in [-0.3, -0.25) is 0 Å². The van der Waals surface area contributed by atoms with E-state index in [1.165, 1.54) is 11.8 Å². The zero-order valence-corrected chi connectivity index (χ0v) is 29.5. The van der Waals surface area contributed by atoms with Crippen molar-refractivity contribution in [2.75, 3.05) is 7.11 Å². The van der Waals surface area contributed by atoms with Gasteiger partial charge < -0.3 is 4.74 Å². The lowest BCUT2D eigenvalue weighted by Gasteiger charge is -2.23. The molecule has 0 amide bonds. The summed E-state index contributed by atoms with van der Waals surface area (Å²) in [4.78, 5) is 0. The maximum atomic E-state index is 6.97. The number of halogens is 4. The molecule has 3 heterocycles. The Hall–Kier alpha value is -3.66. The number of methoxy groups -OCH3 is 1. The normalized spacial score (nSPS) is 14.3. The van der Waals surface area contributed by atoms with Crippen molar-refractivity contribution in [3.8, 4) is 28.4 Å². The standard InChI is InChI=1S/C35H26Cl4N6OS/c1-17-5-8-20(9-6-17)24-16-25(34-42-41-33(45(34)44-24)21-11-13-23(46-4)14-12-21)47-35-27-26(28(36)30(38)31(39)29(27)37)32(40-43-35)22-10-7-18(2)19(3)15-22/h5-15,25H,16H2,1-4H3. The average Bonchev–Trinajstić information content (AvgIpc) is 3.52. The summed E-state index contributed by atoms with van der Waals surface area (Å²) in [5, 5.41) is 25.9. The highest BCUT2D eigenvalue weighted by Crippen LogP contribution is 2.50. The van der Waals surface area contributed by atoms with E-state index in [1.807, 2.05) is 49.4 Å². The van der Waals surface area contributed by atoms with Crippen LogP contribution in [-0.2, 0) is 0 Å². The summed E-state index contributed by atoms with van der Waals surface area (Å²) in [6.07, 6.45) is 0.545. The number of hydrogen-bond acceptors (Lipinski definition) is 7. The third-order valence-electron chi connectivity index (χ3n) is 8.28. The Morgan fingerprint density at radius 2 is 1.36 bits per heavy atom. The summed E-state index contributed by atoms with van der Waals surface area (Å²) < 4.78 is 7.16. The quantitative estimate of drug-likeness (QED) is 0.126. The fourth-order valence-corrected chi connectivity index (χ4v) is 7.77. The van der Waals surface area contributed by atoms with Gasteiger partial charge in [-0.1, -0.05) is 100 Å². The van der Waals surface area contributed by atoms with Crippen molar-refractivity contribution >= 4 is 74.6 Å². The van der Waals surface area contributed by atoms with E-state index in [9.17, 15) is 0 Å². The van der Waals surface area contributed by atoms with Gasteiger partial charge in [-0.2, -0.15) is 9.78 Å². The van der Waals surface area contributed by atoms with E-state index in [2.05, 4.69) is 48.3 Å². The van der Waals surface area contributed by atoms with E-state index in [-0.39, 0.29) is 25.3 Å². The molecule has 4 aromatic carbocycles. The number of thioether (sulfide) groups is 1. The van der Waals surface area contributed by atoms with E-state index < -0.39 is 0 Å². The number of rotatable bonds is 6. The van der Waals surface area contributed by atoms with Crippen LogP contribution in [0.25, 0.3) is 33.4 Å². The van der Waals surface area contributed by atoms with E-state index in [1.54, 1.807) is 11.8 Å². The maximum Gasteiger partial charge on any atom is 0.185 e. The van der Waals surface area contributed by atoms with Gasteiger partial charge in [-0.05, 0) is 67.8 Å². The van der Waals surface area contributed by atoms with Crippen LogP contribution >= 0.6 is 58.2 Å². The number of aromatic nitrogens is 5. The number of hydrogen-bond donors (Lipinski definition) is 0. The molecule has 7 nitrogen and oxygen atoms in total. The molecule has 0 N–H and O–H groups in total. The zero-order chi connectivity index (χ0) is 33.0. The number of nitrogens with zero attached hydrogens (tertiary/aromatic N) is 6. The van der Waals surface area contributed by atoms with E-state index in [0.29, 0.717) is 39.6 Å².